The van der Waals surface area contributed by atoms with E-state index in [1.165, 1.54) is 18.2 Å². The summed E-state index contributed by atoms with van der Waals surface area (Å²) in [6.45, 7) is -0.107. The molecule has 0 bridgehead atoms. The maximum absolute atomic E-state index is 13.2. The summed E-state index contributed by atoms with van der Waals surface area (Å²) < 4.78 is 0. The number of carbonyl (C=O) groups is 2. The molecule has 8 rings (SSSR count). The molecule has 0 aromatic heterocycles. The number of urea groups is 1. The van der Waals surface area contributed by atoms with Crippen LogP contribution in [0.15, 0.2) is 188 Å². The Labute approximate surface area is 390 Å². The van der Waals surface area contributed by atoms with Crippen molar-refractivity contribution in [2.24, 2.45) is 30.7 Å². The number of phenolic OH excluding ortho intramolecular Hbond substituents is 2. The number of imide groups is 1. The Bertz CT molecular complexity index is 3260. The number of nitrogens with one attached hydrogen (secondary N) is 3. The highest BCUT2D eigenvalue weighted by atomic mass is 35.5. The van der Waals surface area contributed by atoms with E-state index in [1.807, 2.05) is 18.2 Å². The topological polar surface area (TPSA) is 229 Å². The monoisotopic (exact) mass is 932 g/mol. The predicted molar refractivity (Wildman–Crippen MR) is 255 cm³/mol. The molecule has 8 aromatic carbocycles. The second kappa shape index (κ2) is 20.7. The molecule has 5 N–H and O–H groups in total. The van der Waals surface area contributed by atoms with Gasteiger partial charge in [0.25, 0.3) is 5.91 Å². The number of aromatic hydroxyl groups is 2. The van der Waals surface area contributed by atoms with E-state index in [1.54, 1.807) is 121 Å². The van der Waals surface area contributed by atoms with Gasteiger partial charge in [0.2, 0.25) is 12.1 Å². The third-order valence-corrected chi connectivity index (χ3v) is 10.4. The molecule has 0 fully saturated rings. The molecule has 0 radical (unpaired) electrons. The highest BCUT2D eigenvalue weighted by Crippen LogP contribution is 2.41. The van der Waals surface area contributed by atoms with Crippen LogP contribution in [-0.2, 0) is 16.3 Å². The molecule has 0 heterocycles. The first-order valence-corrected chi connectivity index (χ1v) is 20.7. The summed E-state index contributed by atoms with van der Waals surface area (Å²) in [7, 11) is 0. The summed E-state index contributed by atoms with van der Waals surface area (Å²) in [5.41, 5.74) is 5.14. The minimum atomic E-state index is -0.881. The number of nitrogens with zero attached hydrogens (tertiary/aromatic N) is 7. The van der Waals surface area contributed by atoms with Gasteiger partial charge < -0.3 is 30.4 Å². The van der Waals surface area contributed by atoms with Crippen molar-refractivity contribution >= 4 is 109 Å². The van der Waals surface area contributed by atoms with E-state index >= 15 is 0 Å². The zero-order chi connectivity index (χ0) is 46.7. The maximum Gasteiger partial charge on any atom is 0.326 e. The number of phenols is 2. The smallest absolute Gasteiger partial charge is 0.326 e. The van der Waals surface area contributed by atoms with Crippen molar-refractivity contribution in [3.8, 4) is 11.5 Å². The first kappa shape index (κ1) is 44.7. The van der Waals surface area contributed by atoms with Gasteiger partial charge in [-0.05, 0) is 83.6 Å². The fourth-order valence-electron chi connectivity index (χ4n) is 6.47. The molecule has 67 heavy (non-hydrogen) atoms. The number of halogens is 2. The van der Waals surface area contributed by atoms with Crippen LogP contribution in [0.1, 0.15) is 15.9 Å². The van der Waals surface area contributed by atoms with Gasteiger partial charge in [0.05, 0.1) is 38.4 Å². The number of hydrogen-bond donors (Lipinski definition) is 5. The van der Waals surface area contributed by atoms with Crippen LogP contribution in [0.3, 0.4) is 0 Å². The molecule has 17 nitrogen and oxygen atoms in total. The Balaban J connectivity index is 0.918. The van der Waals surface area contributed by atoms with E-state index in [2.05, 4.69) is 46.8 Å². The van der Waals surface area contributed by atoms with Gasteiger partial charge in [-0.2, -0.15) is 10.2 Å². The number of carbonyl (C=O) groups excluding carboxylic acids is 2. The molecule has 19 heteroatoms. The lowest BCUT2D eigenvalue weighted by Crippen LogP contribution is -2.34. The van der Waals surface area contributed by atoms with Crippen LogP contribution in [0.4, 0.5) is 50.3 Å². The molecule has 0 saturated heterocycles. The van der Waals surface area contributed by atoms with Crippen LogP contribution in [0, 0.1) is 5.21 Å². The number of azo groups is 3. The molecule has 3 amide bonds. The summed E-state index contributed by atoms with van der Waals surface area (Å²) in [6.07, 6.45) is 1.05. The number of anilines is 2. The van der Waals surface area contributed by atoms with Crippen molar-refractivity contribution in [2.45, 2.75) is 6.61 Å². The van der Waals surface area contributed by atoms with Crippen LogP contribution >= 0.6 is 23.2 Å². The Morgan fingerprint density at radius 3 is 1.82 bits per heavy atom. The summed E-state index contributed by atoms with van der Waals surface area (Å²) in [5, 5.41) is 68.5. The number of oxime groups is 1. The molecule has 0 atom stereocenters. The van der Waals surface area contributed by atoms with E-state index in [9.17, 15) is 25.0 Å². The fraction of sp³-hybridized carbons (Fsp3) is 0.0208. The van der Waals surface area contributed by atoms with E-state index in [0.29, 0.717) is 60.0 Å². The lowest BCUT2D eigenvalue weighted by molar-refractivity contribution is -0.435. The average molecular weight is 934 g/mol. The van der Waals surface area contributed by atoms with Gasteiger partial charge in [0.15, 0.2) is 5.75 Å². The maximum atomic E-state index is 13.2. The second-order valence-corrected chi connectivity index (χ2v) is 15.0. The summed E-state index contributed by atoms with van der Waals surface area (Å²) in [5.74, 6) is -1.53. The minimum absolute atomic E-state index is 0.00194. The lowest BCUT2D eigenvalue weighted by Gasteiger charge is -2.11. The first-order valence-electron chi connectivity index (χ1n) is 20.0. The second-order valence-electron chi connectivity index (χ2n) is 14.2. The highest BCUT2D eigenvalue weighted by Gasteiger charge is 2.21. The van der Waals surface area contributed by atoms with Crippen molar-refractivity contribution in [2.75, 3.05) is 10.8 Å². The average Bonchev–Trinajstić information content (AvgIpc) is 3.34. The molecule has 0 aliphatic rings. The summed E-state index contributed by atoms with van der Waals surface area (Å²) >= 11 is 12.2. The lowest BCUT2D eigenvalue weighted by atomic mass is 10.0. The van der Waals surface area contributed by atoms with Crippen LogP contribution in [0.5, 0.6) is 11.5 Å². The molecule has 0 aliphatic carbocycles. The van der Waals surface area contributed by atoms with Crippen molar-refractivity contribution in [1.82, 2.24) is 5.32 Å². The zero-order valence-electron chi connectivity index (χ0n) is 34.6. The SMILES string of the molecule is O=C(NC(=O)c1cc2ccccc2c(N=Nc2ccc(N=[N+]([O-])c3ccc(N=Nc4c(O)c(CO/N=C/ONc5ccccc5Cl)cc5ccccc45)cc3)cc2)c1O)Nc1ccccc1Cl. The molecule has 0 aliphatic heterocycles. The number of hydrogen-bond acceptors (Lipinski definition) is 14. The molecule has 0 saturated carbocycles. The first-order chi connectivity index (χ1) is 32.6. The van der Waals surface area contributed by atoms with Gasteiger partial charge in [0, 0.05) is 33.6 Å². The zero-order valence-corrected chi connectivity index (χ0v) is 36.1. The number of amides is 3. The summed E-state index contributed by atoms with van der Waals surface area (Å²) in [6, 6.07) is 42.6. The Kier molecular flexibility index (Phi) is 13.8. The van der Waals surface area contributed by atoms with Crippen molar-refractivity contribution in [3.05, 3.63) is 184 Å². The number of para-hydroxylation sites is 2. The Morgan fingerprint density at radius 1 is 0.642 bits per heavy atom. The quantitative estimate of drug-likeness (QED) is 0.0231. The molecule has 0 unspecified atom stereocenters. The number of benzene rings is 8. The molecule has 332 valence electrons. The third-order valence-electron chi connectivity index (χ3n) is 9.75. The fourth-order valence-corrected chi connectivity index (χ4v) is 6.82. The van der Waals surface area contributed by atoms with Gasteiger partial charge in [-0.1, -0.05) is 106 Å². The third kappa shape index (κ3) is 10.9. The van der Waals surface area contributed by atoms with E-state index in [4.69, 9.17) is 32.9 Å². The molecular weight excluding hydrogens is 899 g/mol. The molecule has 0 spiro atoms. The Hall–Kier alpha value is -8.93. The summed E-state index contributed by atoms with van der Waals surface area (Å²) in [4.78, 5) is 36.8. The van der Waals surface area contributed by atoms with Gasteiger partial charge >= 0.3 is 6.03 Å². The standard InChI is InChI=1S/C48H34Cl2N10O7/c49-39-13-5-7-15-41(39)52-48(64)53-47(63)38-26-30-10-2-4-12-37(30)44(46(38)62)57-54-32-17-19-34(20-18-32)58-60(65)35-23-21-33(22-24-35)55-56-43-36-11-3-1-9-29(36)25-31(45(43)61)27-66-51-28-67-59-42-16-8-6-14-40(42)50/h1-26,28,59,61-62H,27H2,(H2,52,53,63,64)/b51-28+,56-55?,57-54?,60-58?. The Morgan fingerprint density at radius 2 is 1.18 bits per heavy atom. The van der Waals surface area contributed by atoms with Crippen LogP contribution in [0.25, 0.3) is 21.5 Å². The molecule has 8 aromatic rings. The van der Waals surface area contributed by atoms with Crippen molar-refractivity contribution in [1.29, 1.82) is 0 Å². The van der Waals surface area contributed by atoms with Crippen LogP contribution in [-0.4, -0.2) is 33.4 Å². The highest BCUT2D eigenvalue weighted by molar-refractivity contribution is 6.34. The van der Waals surface area contributed by atoms with Crippen molar-refractivity contribution in [3.63, 3.8) is 0 Å². The van der Waals surface area contributed by atoms with Crippen LogP contribution < -0.4 is 16.1 Å². The van der Waals surface area contributed by atoms with E-state index in [-0.39, 0.29) is 40.0 Å². The normalized spacial score (nSPS) is 11.7. The molecular formula is C48H34Cl2N10O7. The van der Waals surface area contributed by atoms with Gasteiger partial charge in [-0.15, -0.1) is 10.2 Å². The van der Waals surface area contributed by atoms with E-state index < -0.39 is 17.7 Å². The van der Waals surface area contributed by atoms with Crippen molar-refractivity contribution < 1.29 is 34.3 Å². The van der Waals surface area contributed by atoms with Crippen LogP contribution in [0.2, 0.25) is 10.0 Å². The van der Waals surface area contributed by atoms with Gasteiger partial charge in [-0.3, -0.25) is 10.1 Å². The number of rotatable bonds is 14. The van der Waals surface area contributed by atoms with Gasteiger partial charge in [-0.25, -0.2) is 10.3 Å². The minimum Gasteiger partial charge on any atom is -0.594 e. The van der Waals surface area contributed by atoms with E-state index in [0.717, 1.165) is 11.8 Å². The van der Waals surface area contributed by atoms with Gasteiger partial charge in [0.1, 0.15) is 29.4 Å². The predicted octanol–water partition coefficient (Wildman–Crippen LogP) is 13.9. The number of fused-ring (bicyclic) bond motifs is 2. The largest absolute Gasteiger partial charge is 0.594 e.